The summed E-state index contributed by atoms with van der Waals surface area (Å²) in [6.45, 7) is 2.17. The number of benzene rings is 2. The number of nitrogens with zero attached hydrogens (tertiary/aromatic N) is 1. The first-order valence-electron chi connectivity index (χ1n) is 9.87. The number of carbonyl (C=O) groups excluding carboxylic acids is 1. The minimum absolute atomic E-state index is 0.174. The van der Waals surface area contributed by atoms with Crippen LogP contribution in [0.4, 0.5) is 0 Å². The number of fused-ring (bicyclic) bond motifs is 2. The number of methoxy groups -OCH3 is 4. The molecule has 0 saturated heterocycles. The first-order chi connectivity index (χ1) is 14.4. The van der Waals surface area contributed by atoms with E-state index in [0.717, 1.165) is 23.1 Å². The van der Waals surface area contributed by atoms with Crippen LogP contribution in [-0.2, 0) is 11.2 Å². The highest BCUT2D eigenvalue weighted by molar-refractivity contribution is 5.98. The molecule has 0 bridgehead atoms. The Kier molecular flexibility index (Phi) is 5.24. The Morgan fingerprint density at radius 3 is 2.23 bits per heavy atom. The standard InChI is InChI=1S/C23H27NO6/c1-12-9-13-10-17(27-4)18(28-5)11-15(13)20(24(12)2)21-14-7-8-16(26-3)22(29-6)19(14)23(25)30-21/h7-8,10-12,20-21H,9H2,1-6H3/t12-,20-,21+/m0/s1. The van der Waals surface area contributed by atoms with Crippen molar-refractivity contribution in [1.82, 2.24) is 4.90 Å². The molecular weight excluding hydrogens is 386 g/mol. The summed E-state index contributed by atoms with van der Waals surface area (Å²) in [7, 11) is 8.39. The monoisotopic (exact) mass is 413 g/mol. The summed E-state index contributed by atoms with van der Waals surface area (Å²) >= 11 is 0. The molecular formula is C23H27NO6. The smallest absolute Gasteiger partial charge is 0.343 e. The first kappa shape index (κ1) is 20.3. The molecule has 0 N–H and O–H groups in total. The summed E-state index contributed by atoms with van der Waals surface area (Å²) in [5.41, 5.74) is 3.45. The first-order valence-corrected chi connectivity index (χ1v) is 9.87. The number of likely N-dealkylation sites (N-methyl/N-ethyl adjacent to an activating group) is 1. The van der Waals surface area contributed by atoms with Crippen LogP contribution in [0.15, 0.2) is 24.3 Å². The molecule has 7 heteroatoms. The second kappa shape index (κ2) is 7.72. The van der Waals surface area contributed by atoms with Gasteiger partial charge in [-0.15, -0.1) is 0 Å². The number of cyclic esters (lactones) is 1. The van der Waals surface area contributed by atoms with Gasteiger partial charge in [-0.25, -0.2) is 4.79 Å². The van der Waals surface area contributed by atoms with Crippen molar-refractivity contribution in [2.75, 3.05) is 35.5 Å². The highest BCUT2D eigenvalue weighted by Gasteiger charge is 2.45. The Bertz CT molecular complexity index is 988. The zero-order chi connectivity index (χ0) is 21.6. The van der Waals surface area contributed by atoms with Gasteiger partial charge < -0.3 is 23.7 Å². The lowest BCUT2D eigenvalue weighted by molar-refractivity contribution is 0.000495. The zero-order valence-corrected chi connectivity index (χ0v) is 18.1. The molecule has 2 aliphatic heterocycles. The molecule has 2 heterocycles. The summed E-state index contributed by atoms with van der Waals surface area (Å²) in [6.07, 6.45) is 0.388. The molecule has 2 aromatic carbocycles. The summed E-state index contributed by atoms with van der Waals surface area (Å²) < 4.78 is 27.8. The van der Waals surface area contributed by atoms with Crippen LogP contribution in [0.25, 0.3) is 0 Å². The van der Waals surface area contributed by atoms with Crippen LogP contribution >= 0.6 is 0 Å². The Labute approximate surface area is 176 Å². The average Bonchev–Trinajstić information content (AvgIpc) is 3.09. The maximum absolute atomic E-state index is 12.9. The zero-order valence-electron chi connectivity index (χ0n) is 18.1. The molecule has 0 spiro atoms. The Morgan fingerprint density at radius 1 is 0.933 bits per heavy atom. The van der Waals surface area contributed by atoms with E-state index in [2.05, 4.69) is 18.9 Å². The molecule has 0 fully saturated rings. The van der Waals surface area contributed by atoms with Gasteiger partial charge in [-0.1, -0.05) is 6.07 Å². The number of hydrogen-bond acceptors (Lipinski definition) is 7. The van der Waals surface area contributed by atoms with Crippen LogP contribution in [-0.4, -0.2) is 52.4 Å². The molecule has 3 atom stereocenters. The molecule has 0 aromatic heterocycles. The number of ether oxygens (including phenoxy) is 5. The van der Waals surface area contributed by atoms with Gasteiger partial charge in [-0.2, -0.15) is 0 Å². The summed E-state index contributed by atoms with van der Waals surface area (Å²) in [5.74, 6) is 1.86. The van der Waals surface area contributed by atoms with E-state index in [4.69, 9.17) is 23.7 Å². The predicted octanol–water partition coefficient (Wildman–Crippen LogP) is 3.55. The van der Waals surface area contributed by atoms with Crippen LogP contribution in [0.3, 0.4) is 0 Å². The third-order valence-corrected chi connectivity index (χ3v) is 6.22. The molecule has 0 amide bonds. The fourth-order valence-electron chi connectivity index (χ4n) is 4.58. The van der Waals surface area contributed by atoms with Crippen molar-refractivity contribution in [3.05, 3.63) is 46.5 Å². The van der Waals surface area contributed by atoms with Crippen molar-refractivity contribution < 1.29 is 28.5 Å². The van der Waals surface area contributed by atoms with E-state index in [1.807, 2.05) is 24.3 Å². The minimum Gasteiger partial charge on any atom is -0.493 e. The van der Waals surface area contributed by atoms with E-state index in [1.165, 1.54) is 7.11 Å². The lowest BCUT2D eigenvalue weighted by atomic mass is 9.83. The SMILES string of the molecule is COc1cc2c(cc1OC)[C@@H]([C@@H]1OC(=O)c3c1ccc(OC)c3OC)N(C)[C@@H](C)C2. The van der Waals surface area contributed by atoms with Gasteiger partial charge in [-0.05, 0) is 49.7 Å². The summed E-state index contributed by atoms with van der Waals surface area (Å²) in [5, 5.41) is 0. The number of esters is 1. The van der Waals surface area contributed by atoms with Gasteiger partial charge in [0.15, 0.2) is 23.0 Å². The predicted molar refractivity (Wildman–Crippen MR) is 111 cm³/mol. The molecule has 0 radical (unpaired) electrons. The summed E-state index contributed by atoms with van der Waals surface area (Å²) in [4.78, 5) is 15.1. The van der Waals surface area contributed by atoms with E-state index in [9.17, 15) is 4.79 Å². The van der Waals surface area contributed by atoms with E-state index in [-0.39, 0.29) is 12.1 Å². The van der Waals surface area contributed by atoms with E-state index in [0.29, 0.717) is 28.6 Å². The second-order valence-electron chi connectivity index (χ2n) is 7.66. The molecule has 7 nitrogen and oxygen atoms in total. The normalized spacial score (nSPS) is 22.7. The molecule has 160 valence electrons. The van der Waals surface area contributed by atoms with E-state index >= 15 is 0 Å². The molecule has 4 rings (SSSR count). The van der Waals surface area contributed by atoms with Crippen molar-refractivity contribution in [3.63, 3.8) is 0 Å². The topological polar surface area (TPSA) is 66.5 Å². The molecule has 0 unspecified atom stereocenters. The van der Waals surface area contributed by atoms with Crippen molar-refractivity contribution in [2.45, 2.75) is 31.5 Å². The summed E-state index contributed by atoms with van der Waals surface area (Å²) in [6, 6.07) is 7.80. The largest absolute Gasteiger partial charge is 0.493 e. The van der Waals surface area contributed by atoms with Gasteiger partial charge in [0.25, 0.3) is 0 Å². The lowest BCUT2D eigenvalue weighted by Gasteiger charge is -2.42. The highest BCUT2D eigenvalue weighted by atomic mass is 16.6. The van der Waals surface area contributed by atoms with E-state index in [1.54, 1.807) is 21.3 Å². The Morgan fingerprint density at radius 2 is 1.60 bits per heavy atom. The van der Waals surface area contributed by atoms with Crippen molar-refractivity contribution in [2.24, 2.45) is 0 Å². The van der Waals surface area contributed by atoms with Gasteiger partial charge in [-0.3, -0.25) is 4.90 Å². The number of hydrogen-bond donors (Lipinski definition) is 0. The Hall–Kier alpha value is -2.93. The maximum Gasteiger partial charge on any atom is 0.343 e. The third kappa shape index (κ3) is 2.96. The highest BCUT2D eigenvalue weighted by Crippen LogP contribution is 2.51. The van der Waals surface area contributed by atoms with Crippen LogP contribution in [0.2, 0.25) is 0 Å². The van der Waals surface area contributed by atoms with Gasteiger partial charge >= 0.3 is 5.97 Å². The van der Waals surface area contributed by atoms with Gasteiger partial charge in [0.1, 0.15) is 11.7 Å². The van der Waals surface area contributed by atoms with Crippen LogP contribution < -0.4 is 18.9 Å². The van der Waals surface area contributed by atoms with Crippen molar-refractivity contribution in [3.8, 4) is 23.0 Å². The molecule has 0 aliphatic carbocycles. The molecule has 30 heavy (non-hydrogen) atoms. The van der Waals surface area contributed by atoms with Crippen molar-refractivity contribution >= 4 is 5.97 Å². The third-order valence-electron chi connectivity index (χ3n) is 6.22. The van der Waals surface area contributed by atoms with E-state index < -0.39 is 12.1 Å². The fraction of sp³-hybridized carbons (Fsp3) is 0.435. The average molecular weight is 413 g/mol. The van der Waals surface area contributed by atoms with Crippen LogP contribution in [0, 0.1) is 0 Å². The molecule has 2 aliphatic rings. The van der Waals surface area contributed by atoms with Crippen LogP contribution in [0.1, 0.15) is 46.1 Å². The van der Waals surface area contributed by atoms with Crippen LogP contribution in [0.5, 0.6) is 23.0 Å². The minimum atomic E-state index is -0.475. The molecule has 2 aromatic rings. The van der Waals surface area contributed by atoms with Gasteiger partial charge in [0.05, 0.1) is 34.5 Å². The van der Waals surface area contributed by atoms with Gasteiger partial charge in [0.2, 0.25) is 0 Å². The number of carbonyl (C=O) groups is 1. The van der Waals surface area contributed by atoms with Gasteiger partial charge in [0, 0.05) is 11.6 Å². The maximum atomic E-state index is 12.9. The molecule has 0 saturated carbocycles. The second-order valence-corrected chi connectivity index (χ2v) is 7.66. The Balaban J connectivity index is 1.88. The fourth-order valence-corrected chi connectivity index (χ4v) is 4.58. The number of rotatable bonds is 5. The lowest BCUT2D eigenvalue weighted by Crippen LogP contribution is -2.42. The van der Waals surface area contributed by atoms with Crippen molar-refractivity contribution in [1.29, 1.82) is 0 Å². The quantitative estimate of drug-likeness (QED) is 0.695.